The maximum absolute atomic E-state index is 11.6. The Hall–Kier alpha value is -1.16. The minimum atomic E-state index is -0.694. The van der Waals surface area contributed by atoms with Crippen molar-refractivity contribution in [1.82, 2.24) is 0 Å². The lowest BCUT2D eigenvalue weighted by Crippen LogP contribution is -2.29. The minimum absolute atomic E-state index is 0.173. The molecule has 0 saturated carbocycles. The van der Waals surface area contributed by atoms with Crippen LogP contribution in [-0.2, 0) is 16.0 Å². The molecule has 0 saturated heterocycles. The zero-order chi connectivity index (χ0) is 13.8. The molecular weight excluding hydrogens is 296 g/mol. The van der Waals surface area contributed by atoms with Gasteiger partial charge in [-0.2, -0.15) is 0 Å². The number of halogens is 1. The highest BCUT2D eigenvalue weighted by Gasteiger charge is 2.25. The molecule has 18 heavy (non-hydrogen) atoms. The van der Waals surface area contributed by atoms with Crippen molar-refractivity contribution in [2.24, 2.45) is 0 Å². The summed E-state index contributed by atoms with van der Waals surface area (Å²) in [6, 6.07) is 7.22. The molecule has 0 atom stereocenters. The van der Waals surface area contributed by atoms with Gasteiger partial charge in [0.25, 0.3) is 0 Å². The van der Waals surface area contributed by atoms with Gasteiger partial charge >= 0.3 is 5.97 Å². The topological polar surface area (TPSA) is 43.4 Å². The number of Topliss-reactive ketones (excluding diaryl/α,β-unsaturated/α-hetero) is 1. The fourth-order valence-corrected chi connectivity index (χ4v) is 1.35. The number of ether oxygens (including phenoxy) is 1. The lowest BCUT2D eigenvalue weighted by atomic mass is 10.1. The number of ketones is 1. The molecule has 0 spiro atoms. The van der Waals surface area contributed by atoms with Crippen molar-refractivity contribution in [1.29, 1.82) is 0 Å². The lowest BCUT2D eigenvalue weighted by molar-refractivity contribution is -0.136. The van der Waals surface area contributed by atoms with Crippen molar-refractivity contribution in [3.63, 3.8) is 0 Å². The number of hydrogen-bond acceptors (Lipinski definition) is 3. The lowest BCUT2D eigenvalue weighted by Gasteiger charge is -2.14. The molecule has 1 aromatic carbocycles. The minimum Gasteiger partial charge on any atom is -0.426 e. The third kappa shape index (κ3) is 5.00. The summed E-state index contributed by atoms with van der Waals surface area (Å²) in [5.74, 6) is 0.352. The number of esters is 1. The van der Waals surface area contributed by atoms with Gasteiger partial charge in [-0.3, -0.25) is 4.79 Å². The maximum atomic E-state index is 11.6. The van der Waals surface area contributed by atoms with Crippen molar-refractivity contribution >= 4 is 27.7 Å². The van der Waals surface area contributed by atoms with E-state index in [1.54, 1.807) is 32.9 Å². The van der Waals surface area contributed by atoms with Gasteiger partial charge in [-0.15, -0.1) is 0 Å². The number of hydrogen-bond donors (Lipinski definition) is 0. The molecule has 0 aliphatic heterocycles. The third-order valence-corrected chi connectivity index (χ3v) is 2.71. The molecule has 1 aromatic rings. The number of alkyl halides is 1. The Morgan fingerprint density at radius 3 is 2.22 bits per heavy atom. The fourth-order valence-electron chi connectivity index (χ4n) is 1.27. The largest absolute Gasteiger partial charge is 0.426 e. The van der Waals surface area contributed by atoms with E-state index in [0.29, 0.717) is 18.6 Å². The van der Waals surface area contributed by atoms with Crippen molar-refractivity contribution in [3.8, 4) is 5.75 Å². The highest BCUT2D eigenvalue weighted by molar-refractivity contribution is 9.10. The molecule has 1 rings (SSSR count). The molecule has 0 aliphatic rings. The van der Waals surface area contributed by atoms with Crippen molar-refractivity contribution in [2.45, 2.75) is 37.9 Å². The van der Waals surface area contributed by atoms with E-state index in [2.05, 4.69) is 15.9 Å². The van der Waals surface area contributed by atoms with Gasteiger partial charge in [0, 0.05) is 6.42 Å². The summed E-state index contributed by atoms with van der Waals surface area (Å²) in [6.07, 6.45) is 1.25. The van der Waals surface area contributed by atoms with Crippen LogP contribution in [0.3, 0.4) is 0 Å². The third-order valence-electron chi connectivity index (χ3n) is 2.39. The van der Waals surface area contributed by atoms with Crippen LogP contribution in [0.2, 0.25) is 0 Å². The molecule has 0 unspecified atom stereocenters. The Morgan fingerprint density at radius 1 is 1.22 bits per heavy atom. The van der Waals surface area contributed by atoms with Crippen molar-refractivity contribution in [3.05, 3.63) is 29.8 Å². The number of rotatable bonds is 5. The van der Waals surface area contributed by atoms with E-state index in [-0.39, 0.29) is 11.8 Å². The van der Waals surface area contributed by atoms with E-state index in [1.165, 1.54) is 0 Å². The summed E-state index contributed by atoms with van der Waals surface area (Å²) in [4.78, 5) is 22.5. The standard InChI is InChI=1S/C14H17BrO3/c1-10(16)4-5-11-6-8-12(9-7-11)18-13(17)14(2,3)15/h6-9H,4-5H2,1-3H3. The Balaban J connectivity index is 2.60. The quantitative estimate of drug-likeness (QED) is 0.476. The molecule has 0 bridgehead atoms. The van der Waals surface area contributed by atoms with Gasteiger partial charge < -0.3 is 9.53 Å². The average Bonchev–Trinajstić information content (AvgIpc) is 2.26. The number of carbonyl (C=O) groups excluding carboxylic acids is 2. The van der Waals surface area contributed by atoms with Crippen LogP contribution in [0, 0.1) is 0 Å². The van der Waals surface area contributed by atoms with Crippen LogP contribution in [0.25, 0.3) is 0 Å². The second kappa shape index (κ2) is 6.14. The molecule has 0 N–H and O–H groups in total. The molecule has 4 heteroatoms. The van der Waals surface area contributed by atoms with Gasteiger partial charge in [0.2, 0.25) is 0 Å². The number of carbonyl (C=O) groups is 2. The molecule has 98 valence electrons. The van der Waals surface area contributed by atoms with E-state index < -0.39 is 4.32 Å². The van der Waals surface area contributed by atoms with Gasteiger partial charge in [-0.1, -0.05) is 28.1 Å². The molecule has 0 amide bonds. The van der Waals surface area contributed by atoms with Crippen LogP contribution in [0.1, 0.15) is 32.8 Å². The fraction of sp³-hybridized carbons (Fsp3) is 0.429. The summed E-state index contributed by atoms with van der Waals surface area (Å²) < 4.78 is 4.51. The zero-order valence-corrected chi connectivity index (χ0v) is 12.4. The second-order valence-corrected chi connectivity index (χ2v) is 6.69. The predicted octanol–water partition coefficient (Wildman–Crippen LogP) is 3.29. The molecule has 3 nitrogen and oxygen atoms in total. The molecule has 0 radical (unpaired) electrons. The normalized spacial score (nSPS) is 11.1. The van der Waals surface area contributed by atoms with Crippen molar-refractivity contribution < 1.29 is 14.3 Å². The first-order valence-electron chi connectivity index (χ1n) is 5.78. The Labute approximate surface area is 116 Å². The zero-order valence-electron chi connectivity index (χ0n) is 10.8. The smallest absolute Gasteiger partial charge is 0.327 e. The SMILES string of the molecule is CC(=O)CCc1ccc(OC(=O)C(C)(C)Br)cc1. The Bertz CT molecular complexity index is 429. The van der Waals surface area contributed by atoms with Crippen LogP contribution in [0.4, 0.5) is 0 Å². The molecular formula is C14H17BrO3. The molecule has 0 heterocycles. The second-order valence-electron chi connectivity index (χ2n) is 4.71. The maximum Gasteiger partial charge on any atom is 0.327 e. The van der Waals surface area contributed by atoms with Crippen LogP contribution in [-0.4, -0.2) is 16.1 Å². The van der Waals surface area contributed by atoms with Gasteiger partial charge in [-0.05, 0) is 44.9 Å². The van der Waals surface area contributed by atoms with Gasteiger partial charge in [-0.25, -0.2) is 0 Å². The number of benzene rings is 1. The van der Waals surface area contributed by atoms with Crippen LogP contribution in [0.15, 0.2) is 24.3 Å². The summed E-state index contributed by atoms with van der Waals surface area (Å²) in [6.45, 7) is 5.04. The monoisotopic (exact) mass is 312 g/mol. The van der Waals surface area contributed by atoms with E-state index in [4.69, 9.17) is 4.74 Å². The van der Waals surface area contributed by atoms with Gasteiger partial charge in [0.05, 0.1) is 0 Å². The average molecular weight is 313 g/mol. The Kier molecular flexibility index (Phi) is 5.08. The first kappa shape index (κ1) is 14.9. The van der Waals surface area contributed by atoms with Crippen LogP contribution in [0.5, 0.6) is 5.75 Å². The first-order chi connectivity index (χ1) is 8.29. The highest BCUT2D eigenvalue weighted by Crippen LogP contribution is 2.21. The van der Waals surface area contributed by atoms with Gasteiger partial charge in [0.1, 0.15) is 15.9 Å². The summed E-state index contributed by atoms with van der Waals surface area (Å²) in [7, 11) is 0. The highest BCUT2D eigenvalue weighted by atomic mass is 79.9. The van der Waals surface area contributed by atoms with E-state index >= 15 is 0 Å². The summed E-state index contributed by atoms with van der Waals surface area (Å²) >= 11 is 3.24. The van der Waals surface area contributed by atoms with E-state index in [0.717, 1.165) is 5.56 Å². The molecule has 0 aromatic heterocycles. The van der Waals surface area contributed by atoms with Crippen LogP contribution < -0.4 is 4.74 Å². The summed E-state index contributed by atoms with van der Waals surface area (Å²) in [5.41, 5.74) is 1.06. The van der Waals surface area contributed by atoms with E-state index in [1.807, 2.05) is 12.1 Å². The first-order valence-corrected chi connectivity index (χ1v) is 6.58. The predicted molar refractivity (Wildman–Crippen MR) is 74.1 cm³/mol. The molecule has 0 aliphatic carbocycles. The summed E-state index contributed by atoms with van der Waals surface area (Å²) in [5, 5.41) is 0. The number of aryl methyl sites for hydroxylation is 1. The Morgan fingerprint density at radius 2 is 1.78 bits per heavy atom. The van der Waals surface area contributed by atoms with Gasteiger partial charge in [0.15, 0.2) is 0 Å². The van der Waals surface area contributed by atoms with E-state index in [9.17, 15) is 9.59 Å². The van der Waals surface area contributed by atoms with Crippen LogP contribution >= 0.6 is 15.9 Å². The molecule has 0 fully saturated rings. The van der Waals surface area contributed by atoms with Crippen molar-refractivity contribution in [2.75, 3.05) is 0 Å².